The standard InChI is InChI=1S/C16H23N5.HI/c1-3-8-19-16(17-4-2)20-13-14-7-9-18-15(12-14)21-10-5-6-11-21;/h1,7,9,12H,4-6,8,10-11,13H2,2H3,(H2,17,19,20);1H. The van der Waals surface area contributed by atoms with Gasteiger partial charge in [0.2, 0.25) is 0 Å². The second-order valence-corrected chi connectivity index (χ2v) is 4.97. The average Bonchev–Trinajstić information content (AvgIpc) is 3.05. The molecule has 2 rings (SSSR count). The third-order valence-corrected chi connectivity index (χ3v) is 3.36. The quantitative estimate of drug-likeness (QED) is 0.336. The number of hydrogen-bond donors (Lipinski definition) is 2. The molecule has 22 heavy (non-hydrogen) atoms. The summed E-state index contributed by atoms with van der Waals surface area (Å²) < 4.78 is 0. The Balaban J connectivity index is 0.00000242. The van der Waals surface area contributed by atoms with Gasteiger partial charge < -0.3 is 15.5 Å². The highest BCUT2D eigenvalue weighted by molar-refractivity contribution is 14.0. The SMILES string of the molecule is C#CCNC(=NCc1ccnc(N2CCCC2)c1)NCC.I. The molecule has 0 aliphatic carbocycles. The number of aliphatic imine (C=N–C) groups is 1. The summed E-state index contributed by atoms with van der Waals surface area (Å²) in [7, 11) is 0. The van der Waals surface area contributed by atoms with Crippen molar-refractivity contribution < 1.29 is 0 Å². The minimum atomic E-state index is 0. The van der Waals surface area contributed by atoms with Gasteiger partial charge in [-0.1, -0.05) is 5.92 Å². The summed E-state index contributed by atoms with van der Waals surface area (Å²) in [5.41, 5.74) is 1.16. The van der Waals surface area contributed by atoms with Crippen LogP contribution in [0.3, 0.4) is 0 Å². The number of halogens is 1. The van der Waals surface area contributed by atoms with Crippen LogP contribution < -0.4 is 15.5 Å². The molecule has 0 radical (unpaired) electrons. The Labute approximate surface area is 150 Å². The van der Waals surface area contributed by atoms with Crippen molar-refractivity contribution in [2.24, 2.45) is 4.99 Å². The number of nitrogens with one attached hydrogen (secondary N) is 2. The highest BCUT2D eigenvalue weighted by Crippen LogP contribution is 2.18. The van der Waals surface area contributed by atoms with Crippen LogP contribution in [0.1, 0.15) is 25.3 Å². The van der Waals surface area contributed by atoms with Crippen LogP contribution in [0.15, 0.2) is 23.3 Å². The summed E-state index contributed by atoms with van der Waals surface area (Å²) in [4.78, 5) is 11.3. The summed E-state index contributed by atoms with van der Waals surface area (Å²) in [6.07, 6.45) is 9.63. The minimum Gasteiger partial charge on any atom is -0.357 e. The van der Waals surface area contributed by atoms with Gasteiger partial charge in [0, 0.05) is 25.8 Å². The Kier molecular flexibility index (Phi) is 8.67. The number of aromatic nitrogens is 1. The number of rotatable bonds is 5. The first-order valence-electron chi connectivity index (χ1n) is 7.49. The highest BCUT2D eigenvalue weighted by Gasteiger charge is 2.13. The van der Waals surface area contributed by atoms with Gasteiger partial charge in [-0.2, -0.15) is 0 Å². The average molecular weight is 413 g/mol. The van der Waals surface area contributed by atoms with E-state index >= 15 is 0 Å². The van der Waals surface area contributed by atoms with Crippen LogP contribution in [0.25, 0.3) is 0 Å². The molecule has 1 aromatic rings. The van der Waals surface area contributed by atoms with Crippen molar-refractivity contribution in [3.8, 4) is 12.3 Å². The van der Waals surface area contributed by atoms with Gasteiger partial charge in [0.25, 0.3) is 0 Å². The zero-order valence-corrected chi connectivity index (χ0v) is 15.3. The van der Waals surface area contributed by atoms with Gasteiger partial charge in [-0.15, -0.1) is 30.4 Å². The zero-order valence-electron chi connectivity index (χ0n) is 13.0. The lowest BCUT2D eigenvalue weighted by atomic mass is 10.2. The van der Waals surface area contributed by atoms with Gasteiger partial charge in [0.05, 0.1) is 13.1 Å². The Morgan fingerprint density at radius 3 is 2.86 bits per heavy atom. The van der Waals surface area contributed by atoms with Crippen LogP contribution in [-0.4, -0.2) is 37.1 Å². The van der Waals surface area contributed by atoms with E-state index in [0.29, 0.717) is 13.1 Å². The normalized spacial score (nSPS) is 14.2. The van der Waals surface area contributed by atoms with Gasteiger partial charge in [0.15, 0.2) is 5.96 Å². The van der Waals surface area contributed by atoms with Gasteiger partial charge in [-0.25, -0.2) is 9.98 Å². The van der Waals surface area contributed by atoms with E-state index in [1.165, 1.54) is 12.8 Å². The van der Waals surface area contributed by atoms with E-state index in [0.717, 1.165) is 37.0 Å². The van der Waals surface area contributed by atoms with Crippen LogP contribution in [0.5, 0.6) is 0 Å². The second-order valence-electron chi connectivity index (χ2n) is 4.97. The second kappa shape index (κ2) is 10.3. The van der Waals surface area contributed by atoms with E-state index in [-0.39, 0.29) is 24.0 Å². The van der Waals surface area contributed by atoms with E-state index in [9.17, 15) is 0 Å². The van der Waals surface area contributed by atoms with Crippen LogP contribution in [0.4, 0.5) is 5.82 Å². The van der Waals surface area contributed by atoms with Gasteiger partial charge in [-0.3, -0.25) is 0 Å². The maximum Gasteiger partial charge on any atom is 0.192 e. The van der Waals surface area contributed by atoms with Crippen molar-refractivity contribution in [1.82, 2.24) is 15.6 Å². The first-order chi connectivity index (χ1) is 10.3. The summed E-state index contributed by atoms with van der Waals surface area (Å²) >= 11 is 0. The lowest BCUT2D eigenvalue weighted by molar-refractivity contribution is 0.863. The maximum absolute atomic E-state index is 5.26. The number of pyridine rings is 1. The van der Waals surface area contributed by atoms with Crippen LogP contribution in [0.2, 0.25) is 0 Å². The fraction of sp³-hybridized carbons (Fsp3) is 0.500. The molecular weight excluding hydrogens is 389 g/mol. The summed E-state index contributed by atoms with van der Waals surface area (Å²) in [5.74, 6) is 4.35. The number of anilines is 1. The van der Waals surface area contributed by atoms with E-state index < -0.39 is 0 Å². The van der Waals surface area contributed by atoms with Gasteiger partial charge in [0.1, 0.15) is 5.82 Å². The maximum atomic E-state index is 5.26. The molecule has 120 valence electrons. The van der Waals surface area contributed by atoms with Crippen molar-refractivity contribution in [2.75, 3.05) is 31.1 Å². The molecule has 5 nitrogen and oxygen atoms in total. The first kappa shape index (κ1) is 18.6. The smallest absolute Gasteiger partial charge is 0.192 e. The van der Waals surface area contributed by atoms with Crippen LogP contribution >= 0.6 is 24.0 Å². The summed E-state index contributed by atoms with van der Waals surface area (Å²) in [6.45, 7) is 6.14. The molecule has 0 amide bonds. The topological polar surface area (TPSA) is 52.6 Å². The van der Waals surface area contributed by atoms with Crippen molar-refractivity contribution in [1.29, 1.82) is 0 Å². The predicted molar refractivity (Wildman–Crippen MR) is 103 cm³/mol. The fourth-order valence-electron chi connectivity index (χ4n) is 2.32. The molecule has 0 atom stereocenters. The van der Waals surface area contributed by atoms with Crippen LogP contribution in [0, 0.1) is 12.3 Å². The Morgan fingerprint density at radius 1 is 1.41 bits per heavy atom. The molecule has 0 spiro atoms. The van der Waals surface area contributed by atoms with Crippen molar-refractivity contribution in [2.45, 2.75) is 26.3 Å². The number of nitrogens with zero attached hydrogens (tertiary/aromatic N) is 3. The van der Waals surface area contributed by atoms with Gasteiger partial charge >= 0.3 is 0 Å². The molecule has 0 aromatic carbocycles. The molecule has 6 heteroatoms. The lowest BCUT2D eigenvalue weighted by Crippen LogP contribution is -2.37. The largest absolute Gasteiger partial charge is 0.357 e. The van der Waals surface area contributed by atoms with Crippen molar-refractivity contribution in [3.05, 3.63) is 23.9 Å². The van der Waals surface area contributed by atoms with Crippen LogP contribution in [-0.2, 0) is 6.54 Å². The van der Waals surface area contributed by atoms with Crippen molar-refractivity contribution in [3.63, 3.8) is 0 Å². The monoisotopic (exact) mass is 413 g/mol. The minimum absolute atomic E-state index is 0. The molecule has 0 saturated carbocycles. The molecule has 1 aliphatic heterocycles. The number of terminal acetylenes is 1. The summed E-state index contributed by atoms with van der Waals surface area (Å²) in [6, 6.07) is 4.13. The Hall–Kier alpha value is -1.49. The molecule has 1 aliphatic rings. The first-order valence-corrected chi connectivity index (χ1v) is 7.49. The molecule has 1 saturated heterocycles. The highest BCUT2D eigenvalue weighted by atomic mass is 127. The van der Waals surface area contributed by atoms with E-state index in [1.54, 1.807) is 0 Å². The Morgan fingerprint density at radius 2 is 2.18 bits per heavy atom. The van der Waals surface area contributed by atoms with Gasteiger partial charge in [-0.05, 0) is 37.5 Å². The van der Waals surface area contributed by atoms with E-state index in [1.807, 2.05) is 19.2 Å². The molecule has 0 unspecified atom stereocenters. The van der Waals surface area contributed by atoms with Crippen molar-refractivity contribution >= 4 is 35.8 Å². The zero-order chi connectivity index (χ0) is 14.9. The number of hydrogen-bond acceptors (Lipinski definition) is 3. The molecule has 1 aromatic heterocycles. The predicted octanol–water partition coefficient (Wildman–Crippen LogP) is 1.99. The molecule has 2 heterocycles. The summed E-state index contributed by atoms with van der Waals surface area (Å²) in [5, 5.41) is 6.26. The third kappa shape index (κ3) is 5.72. The lowest BCUT2D eigenvalue weighted by Gasteiger charge is -2.16. The molecule has 2 N–H and O–H groups in total. The van der Waals surface area contributed by atoms with E-state index in [4.69, 9.17) is 6.42 Å². The van der Waals surface area contributed by atoms with E-state index in [2.05, 4.69) is 37.5 Å². The fourth-order valence-corrected chi connectivity index (χ4v) is 2.32. The molecular formula is C16H24IN5. The Bertz CT molecular complexity index is 518. The molecule has 1 fully saturated rings. The number of guanidine groups is 1. The third-order valence-electron chi connectivity index (χ3n) is 3.36. The molecule has 0 bridgehead atoms.